The summed E-state index contributed by atoms with van der Waals surface area (Å²) in [5.41, 5.74) is 4.52. The molecule has 0 saturated carbocycles. The molecule has 0 saturated heterocycles. The molecule has 0 aromatic heterocycles. The van der Waals surface area contributed by atoms with Gasteiger partial charge in [0.2, 0.25) is 0 Å². The van der Waals surface area contributed by atoms with Crippen LogP contribution in [0.5, 0.6) is 17.2 Å². The van der Waals surface area contributed by atoms with E-state index < -0.39 is 6.09 Å². The van der Waals surface area contributed by atoms with Gasteiger partial charge in [0.15, 0.2) is 0 Å². The maximum absolute atomic E-state index is 10.7. The summed E-state index contributed by atoms with van der Waals surface area (Å²) in [7, 11) is 0. The summed E-state index contributed by atoms with van der Waals surface area (Å²) < 4.78 is 11.9. The van der Waals surface area contributed by atoms with Crippen LogP contribution in [0.15, 0.2) is 97.1 Å². The van der Waals surface area contributed by atoms with Crippen molar-refractivity contribution in [2.24, 2.45) is 0 Å². The van der Waals surface area contributed by atoms with Crippen molar-refractivity contribution in [3.8, 4) is 17.2 Å². The van der Waals surface area contributed by atoms with Crippen LogP contribution in [0.1, 0.15) is 41.7 Å². The molecule has 4 aromatic rings. The van der Waals surface area contributed by atoms with Gasteiger partial charge < -0.3 is 19.7 Å². The van der Waals surface area contributed by atoms with Gasteiger partial charge in [0, 0.05) is 11.0 Å². The Balaban J connectivity index is 0.00000420. The van der Waals surface area contributed by atoms with Crippen molar-refractivity contribution in [3.63, 3.8) is 0 Å². The van der Waals surface area contributed by atoms with E-state index in [-0.39, 0.29) is 29.4 Å². The summed E-state index contributed by atoms with van der Waals surface area (Å²) in [6.45, 7) is 5.08. The van der Waals surface area contributed by atoms with E-state index in [4.69, 9.17) is 20.0 Å². The van der Waals surface area contributed by atoms with Gasteiger partial charge in [0.05, 0.1) is 0 Å². The number of carboxylic acid groups (broad SMARTS) is 1. The van der Waals surface area contributed by atoms with E-state index in [9.17, 15) is 9.90 Å². The number of carbonyl (C=O) groups is 1. The molecule has 0 unspecified atom stereocenters. The fourth-order valence-corrected chi connectivity index (χ4v) is 4.05. The summed E-state index contributed by atoms with van der Waals surface area (Å²) in [4.78, 5) is 10.7. The molecule has 39 heavy (non-hydrogen) atoms. The second-order valence-corrected chi connectivity index (χ2v) is 9.42. The Bertz CT molecular complexity index is 1400. The minimum absolute atomic E-state index is 0. The molecule has 202 valence electrons. The van der Waals surface area contributed by atoms with Crippen LogP contribution in [0.4, 0.5) is 4.79 Å². The predicted octanol–water partition coefficient (Wildman–Crippen LogP) is 6.89. The molecule has 0 radical (unpaired) electrons. The average molecular weight is 547 g/mol. The van der Waals surface area contributed by atoms with Gasteiger partial charge in [-0.25, -0.2) is 4.79 Å². The number of hydrogen-bond donors (Lipinski definition) is 4. The quantitative estimate of drug-likeness (QED) is 0.135. The standard InChI is InChI=1S/C31H30N2O5.ClH/c1-31(2,24-8-12-26(34)13-9-24)25-10-16-28(17-11-25)38-20-22-5-3-4-21(18-22)19-37-27-14-6-23(7-15-27)29(32)33-30(35)36;/h3-18,34H,19-20H2,1-2H3,(H2,32,33)(H,35,36);1H. The predicted molar refractivity (Wildman–Crippen MR) is 153 cm³/mol. The minimum Gasteiger partial charge on any atom is -0.508 e. The Morgan fingerprint density at radius 3 is 1.74 bits per heavy atom. The van der Waals surface area contributed by atoms with Crippen molar-refractivity contribution in [3.05, 3.63) is 125 Å². The number of aromatic hydroxyl groups is 1. The SMILES string of the molecule is CC(C)(c1ccc(O)cc1)c1ccc(OCc2cccc(COc3ccc(C(=N)NC(=O)O)cc3)c2)cc1.Cl. The molecule has 0 heterocycles. The van der Waals surface area contributed by atoms with Crippen molar-refractivity contribution in [2.75, 3.05) is 0 Å². The Hall–Kier alpha value is -4.49. The third-order valence-electron chi connectivity index (χ3n) is 6.34. The molecule has 1 amide bonds. The fourth-order valence-electron chi connectivity index (χ4n) is 4.05. The van der Waals surface area contributed by atoms with Crippen molar-refractivity contribution in [1.82, 2.24) is 5.32 Å². The van der Waals surface area contributed by atoms with Gasteiger partial charge in [-0.3, -0.25) is 10.7 Å². The molecule has 0 aliphatic heterocycles. The largest absolute Gasteiger partial charge is 0.508 e. The first kappa shape index (κ1) is 29.1. The number of halogens is 1. The van der Waals surface area contributed by atoms with Gasteiger partial charge in [-0.2, -0.15) is 0 Å². The monoisotopic (exact) mass is 546 g/mol. The summed E-state index contributed by atoms with van der Waals surface area (Å²) in [5, 5.41) is 28.1. The van der Waals surface area contributed by atoms with Gasteiger partial charge in [-0.15, -0.1) is 12.4 Å². The summed E-state index contributed by atoms with van der Waals surface area (Å²) >= 11 is 0. The molecule has 0 aliphatic rings. The van der Waals surface area contributed by atoms with Crippen LogP contribution in [-0.4, -0.2) is 22.1 Å². The molecule has 0 spiro atoms. The molecule has 0 fully saturated rings. The second kappa shape index (κ2) is 12.8. The highest BCUT2D eigenvalue weighted by Crippen LogP contribution is 2.33. The lowest BCUT2D eigenvalue weighted by atomic mass is 9.78. The van der Waals surface area contributed by atoms with Crippen LogP contribution in [0, 0.1) is 5.41 Å². The van der Waals surface area contributed by atoms with E-state index in [1.165, 1.54) is 0 Å². The molecule has 4 aromatic carbocycles. The highest BCUT2D eigenvalue weighted by atomic mass is 35.5. The molecular weight excluding hydrogens is 516 g/mol. The van der Waals surface area contributed by atoms with Gasteiger partial charge in [-0.1, -0.05) is 56.3 Å². The first-order valence-electron chi connectivity index (χ1n) is 12.1. The van der Waals surface area contributed by atoms with E-state index in [1.807, 2.05) is 53.8 Å². The summed E-state index contributed by atoms with van der Waals surface area (Å²) in [6, 6.07) is 30.0. The van der Waals surface area contributed by atoms with Crippen LogP contribution >= 0.6 is 12.4 Å². The lowest BCUT2D eigenvalue weighted by Crippen LogP contribution is -2.28. The van der Waals surface area contributed by atoms with Gasteiger partial charge in [-0.05, 0) is 76.9 Å². The maximum atomic E-state index is 10.7. The van der Waals surface area contributed by atoms with Crippen LogP contribution in [-0.2, 0) is 18.6 Å². The van der Waals surface area contributed by atoms with Crippen LogP contribution < -0.4 is 14.8 Å². The van der Waals surface area contributed by atoms with Crippen LogP contribution in [0.25, 0.3) is 0 Å². The maximum Gasteiger partial charge on any atom is 0.410 e. The number of amidine groups is 1. The van der Waals surface area contributed by atoms with Crippen molar-refractivity contribution in [1.29, 1.82) is 5.41 Å². The van der Waals surface area contributed by atoms with E-state index in [0.717, 1.165) is 28.0 Å². The summed E-state index contributed by atoms with van der Waals surface area (Å²) in [5.74, 6) is 1.47. The lowest BCUT2D eigenvalue weighted by Gasteiger charge is -2.26. The number of amides is 1. The Kier molecular flexibility index (Phi) is 9.57. The zero-order valence-corrected chi connectivity index (χ0v) is 22.5. The minimum atomic E-state index is -1.27. The van der Waals surface area contributed by atoms with Gasteiger partial charge in [0.1, 0.15) is 36.3 Å². The van der Waals surface area contributed by atoms with Gasteiger partial charge >= 0.3 is 6.09 Å². The topological polar surface area (TPSA) is 112 Å². The van der Waals surface area contributed by atoms with Crippen molar-refractivity contribution >= 4 is 24.3 Å². The van der Waals surface area contributed by atoms with E-state index in [1.54, 1.807) is 36.4 Å². The Labute approximate surface area is 234 Å². The number of nitrogens with one attached hydrogen (secondary N) is 2. The number of rotatable bonds is 9. The molecule has 7 nitrogen and oxygen atoms in total. The normalized spacial score (nSPS) is 10.7. The van der Waals surface area contributed by atoms with Crippen LogP contribution in [0.3, 0.4) is 0 Å². The zero-order valence-electron chi connectivity index (χ0n) is 21.7. The number of phenols is 1. The third-order valence-corrected chi connectivity index (χ3v) is 6.34. The van der Waals surface area contributed by atoms with E-state index >= 15 is 0 Å². The Morgan fingerprint density at radius 2 is 1.26 bits per heavy atom. The van der Waals surface area contributed by atoms with Gasteiger partial charge in [0.25, 0.3) is 0 Å². The summed E-state index contributed by atoms with van der Waals surface area (Å²) in [6.07, 6.45) is -1.27. The van der Waals surface area contributed by atoms with Crippen molar-refractivity contribution < 1.29 is 24.5 Å². The molecule has 0 bridgehead atoms. The first-order valence-corrected chi connectivity index (χ1v) is 12.1. The first-order chi connectivity index (χ1) is 18.2. The number of ether oxygens (including phenoxy) is 2. The molecule has 4 N–H and O–H groups in total. The third kappa shape index (κ3) is 7.75. The molecule has 0 atom stereocenters. The van der Waals surface area contributed by atoms with Crippen molar-refractivity contribution in [2.45, 2.75) is 32.5 Å². The number of benzene rings is 4. The molecule has 0 aliphatic carbocycles. The number of hydrogen-bond acceptors (Lipinski definition) is 5. The second-order valence-electron chi connectivity index (χ2n) is 9.42. The fraction of sp³-hybridized carbons (Fsp3) is 0.161. The van der Waals surface area contributed by atoms with E-state index in [2.05, 4.69) is 26.0 Å². The van der Waals surface area contributed by atoms with E-state index in [0.29, 0.717) is 24.5 Å². The highest BCUT2D eigenvalue weighted by molar-refractivity contribution is 6.04. The smallest absolute Gasteiger partial charge is 0.410 e. The highest BCUT2D eigenvalue weighted by Gasteiger charge is 2.23. The zero-order chi connectivity index (χ0) is 27.1. The van der Waals surface area contributed by atoms with Crippen LogP contribution in [0.2, 0.25) is 0 Å². The molecular formula is C31H31ClN2O5. The molecule has 8 heteroatoms. The lowest BCUT2D eigenvalue weighted by molar-refractivity contribution is 0.200. The average Bonchev–Trinajstić information content (AvgIpc) is 2.91. The molecule has 4 rings (SSSR count). The number of phenolic OH excluding ortho intramolecular Hbond substituents is 1. The Morgan fingerprint density at radius 1 is 0.795 bits per heavy atom.